The Hall–Kier alpha value is -1.93. The molecule has 0 aromatic heterocycles. The van der Waals surface area contributed by atoms with E-state index in [0.717, 1.165) is 12.3 Å². The molecule has 0 spiro atoms. The zero-order chi connectivity index (χ0) is 15.2. The Morgan fingerprint density at radius 1 is 1.05 bits per heavy atom. The van der Waals surface area contributed by atoms with Crippen LogP contribution in [-0.4, -0.2) is 11.5 Å². The smallest absolute Gasteiger partial charge is 0.172 e. The van der Waals surface area contributed by atoms with E-state index < -0.39 is 0 Å². The van der Waals surface area contributed by atoms with Crippen LogP contribution in [0.5, 0.6) is 0 Å². The second-order valence-electron chi connectivity index (χ2n) is 5.23. The number of hydrogen-bond donors (Lipinski definition) is 1. The minimum atomic E-state index is 0.0978. The fourth-order valence-corrected chi connectivity index (χ4v) is 2.13. The summed E-state index contributed by atoms with van der Waals surface area (Å²) in [7, 11) is 0. The van der Waals surface area contributed by atoms with Crippen LogP contribution in [0, 0.1) is 6.92 Å². The predicted molar refractivity (Wildman–Crippen MR) is 86.9 cm³/mol. The number of halogens is 1. The number of carbonyl (C=O) groups is 1. The molecule has 0 fully saturated rings. The number of ketones is 1. The average molecular weight is 301 g/mol. The number of aryl methyl sites for hydroxylation is 1. The van der Waals surface area contributed by atoms with E-state index in [1.54, 1.807) is 24.3 Å². The molecule has 0 unspecified atom stereocenters. The first-order valence-corrected chi connectivity index (χ1v) is 7.33. The van der Waals surface area contributed by atoms with Crippen molar-refractivity contribution in [1.29, 1.82) is 0 Å². The van der Waals surface area contributed by atoms with E-state index in [4.69, 9.17) is 11.6 Å². The first-order chi connectivity index (χ1) is 10.0. The average Bonchev–Trinajstić information content (AvgIpc) is 2.47. The van der Waals surface area contributed by atoms with Gasteiger partial charge in [0.2, 0.25) is 0 Å². The highest BCUT2D eigenvalue weighted by molar-refractivity contribution is 6.30. The molecule has 21 heavy (non-hydrogen) atoms. The van der Waals surface area contributed by atoms with Gasteiger partial charge in [-0.2, -0.15) is 0 Å². The SMILES string of the molecule is CC(CC(=O)c1ccc(Cl)cc1)=[NH+]Cc1ccc(C)cc1. The number of hydrogen-bond acceptors (Lipinski definition) is 1. The first kappa shape index (κ1) is 15.5. The summed E-state index contributed by atoms with van der Waals surface area (Å²) in [4.78, 5) is 15.4. The third kappa shape index (κ3) is 4.83. The Bertz CT molecular complexity index is 642. The molecule has 0 atom stereocenters. The zero-order valence-corrected chi connectivity index (χ0v) is 13.1. The summed E-state index contributed by atoms with van der Waals surface area (Å²) >= 11 is 5.82. The molecule has 2 rings (SSSR count). The van der Waals surface area contributed by atoms with Crippen molar-refractivity contribution in [3.63, 3.8) is 0 Å². The number of carbonyl (C=O) groups excluding carboxylic acids is 1. The van der Waals surface area contributed by atoms with Gasteiger partial charge >= 0.3 is 0 Å². The van der Waals surface area contributed by atoms with Crippen LogP contribution in [0.25, 0.3) is 0 Å². The van der Waals surface area contributed by atoms with E-state index in [1.807, 2.05) is 6.92 Å². The molecule has 0 aliphatic rings. The monoisotopic (exact) mass is 300 g/mol. The van der Waals surface area contributed by atoms with Crippen molar-refractivity contribution in [2.24, 2.45) is 0 Å². The molecule has 0 aliphatic heterocycles. The van der Waals surface area contributed by atoms with E-state index in [2.05, 4.69) is 36.2 Å². The van der Waals surface area contributed by atoms with Gasteiger partial charge < -0.3 is 0 Å². The molecule has 0 radical (unpaired) electrons. The summed E-state index contributed by atoms with van der Waals surface area (Å²) in [5.74, 6) is 0.0978. The van der Waals surface area contributed by atoms with Gasteiger partial charge in [-0.3, -0.25) is 4.79 Å². The molecule has 0 saturated heterocycles. The molecule has 0 bridgehead atoms. The van der Waals surface area contributed by atoms with Gasteiger partial charge in [-0.15, -0.1) is 0 Å². The largest absolute Gasteiger partial charge is 0.294 e. The molecule has 0 saturated carbocycles. The van der Waals surface area contributed by atoms with E-state index in [-0.39, 0.29) is 5.78 Å². The lowest BCUT2D eigenvalue weighted by Gasteiger charge is -1.99. The minimum Gasteiger partial charge on any atom is -0.294 e. The fraction of sp³-hybridized carbons (Fsp3) is 0.222. The maximum absolute atomic E-state index is 12.1. The van der Waals surface area contributed by atoms with Gasteiger partial charge in [-0.25, -0.2) is 4.99 Å². The van der Waals surface area contributed by atoms with Crippen molar-refractivity contribution >= 4 is 23.1 Å². The van der Waals surface area contributed by atoms with E-state index in [0.29, 0.717) is 17.0 Å². The van der Waals surface area contributed by atoms with Crippen molar-refractivity contribution in [1.82, 2.24) is 0 Å². The van der Waals surface area contributed by atoms with Crippen molar-refractivity contribution in [3.8, 4) is 0 Å². The fourth-order valence-electron chi connectivity index (χ4n) is 2.00. The molecule has 0 heterocycles. The van der Waals surface area contributed by atoms with Gasteiger partial charge in [-0.05, 0) is 31.2 Å². The molecule has 2 aromatic carbocycles. The van der Waals surface area contributed by atoms with E-state index in [1.165, 1.54) is 11.1 Å². The van der Waals surface area contributed by atoms with Crippen molar-refractivity contribution in [2.75, 3.05) is 0 Å². The third-order valence-corrected chi connectivity index (χ3v) is 3.56. The summed E-state index contributed by atoms with van der Waals surface area (Å²) in [6, 6.07) is 15.4. The molecule has 3 heteroatoms. The van der Waals surface area contributed by atoms with Crippen LogP contribution in [0.1, 0.15) is 34.8 Å². The zero-order valence-electron chi connectivity index (χ0n) is 12.3. The quantitative estimate of drug-likeness (QED) is 0.668. The minimum absolute atomic E-state index is 0.0978. The maximum atomic E-state index is 12.1. The molecule has 1 N–H and O–H groups in total. The topological polar surface area (TPSA) is 31.0 Å². The maximum Gasteiger partial charge on any atom is 0.172 e. The molecular formula is C18H19ClNO+. The first-order valence-electron chi connectivity index (χ1n) is 6.95. The third-order valence-electron chi connectivity index (χ3n) is 3.31. The summed E-state index contributed by atoms with van der Waals surface area (Å²) in [6.07, 6.45) is 0.396. The number of rotatable bonds is 5. The standard InChI is InChI=1S/C18H18ClNO/c1-13-3-5-15(6-4-13)12-20-14(2)11-18(21)16-7-9-17(19)10-8-16/h3-10H,11-12H2,1-2H3/p+1. The van der Waals surface area contributed by atoms with Crippen molar-refractivity contribution in [3.05, 3.63) is 70.2 Å². The second kappa shape index (κ2) is 7.19. The van der Waals surface area contributed by atoms with Crippen molar-refractivity contribution < 1.29 is 9.79 Å². The van der Waals surface area contributed by atoms with Crippen LogP contribution in [0.4, 0.5) is 0 Å². The molecule has 2 aromatic rings. The Balaban J connectivity index is 1.95. The Morgan fingerprint density at radius 3 is 2.29 bits per heavy atom. The lowest BCUT2D eigenvalue weighted by Crippen LogP contribution is -2.70. The highest BCUT2D eigenvalue weighted by Gasteiger charge is 2.10. The van der Waals surface area contributed by atoms with E-state index >= 15 is 0 Å². The molecule has 108 valence electrons. The normalized spacial score (nSPS) is 11.5. The summed E-state index contributed by atoms with van der Waals surface area (Å²) in [5.41, 5.74) is 4.11. The highest BCUT2D eigenvalue weighted by Crippen LogP contribution is 2.11. The summed E-state index contributed by atoms with van der Waals surface area (Å²) in [6.45, 7) is 4.75. The second-order valence-corrected chi connectivity index (χ2v) is 5.66. The van der Waals surface area contributed by atoms with Crippen LogP contribution in [0.15, 0.2) is 48.5 Å². The van der Waals surface area contributed by atoms with Gasteiger partial charge in [0.05, 0.1) is 6.42 Å². The number of Topliss-reactive ketones (excluding diaryl/α,β-unsaturated/α-hetero) is 1. The van der Waals surface area contributed by atoms with E-state index in [9.17, 15) is 4.79 Å². The Morgan fingerprint density at radius 2 is 1.67 bits per heavy atom. The highest BCUT2D eigenvalue weighted by atomic mass is 35.5. The molecular weight excluding hydrogens is 282 g/mol. The Labute approximate surface area is 130 Å². The van der Waals surface area contributed by atoms with Crippen LogP contribution in [0.2, 0.25) is 5.02 Å². The molecule has 2 nitrogen and oxygen atoms in total. The van der Waals surface area contributed by atoms with Crippen LogP contribution < -0.4 is 4.99 Å². The molecule has 0 amide bonds. The van der Waals surface area contributed by atoms with Crippen molar-refractivity contribution in [2.45, 2.75) is 26.8 Å². The van der Waals surface area contributed by atoms with Gasteiger partial charge in [0.15, 0.2) is 18.0 Å². The lowest BCUT2D eigenvalue weighted by atomic mass is 10.1. The van der Waals surface area contributed by atoms with Gasteiger partial charge in [0, 0.05) is 23.1 Å². The number of benzene rings is 2. The van der Waals surface area contributed by atoms with Gasteiger partial charge in [0.1, 0.15) is 0 Å². The summed E-state index contributed by atoms with van der Waals surface area (Å²) in [5, 5.41) is 0.643. The molecule has 0 aliphatic carbocycles. The Kier molecular flexibility index (Phi) is 5.29. The van der Waals surface area contributed by atoms with Crippen LogP contribution in [0.3, 0.4) is 0 Å². The van der Waals surface area contributed by atoms with Crippen LogP contribution >= 0.6 is 11.6 Å². The van der Waals surface area contributed by atoms with Gasteiger partial charge in [-0.1, -0.05) is 41.4 Å². The lowest BCUT2D eigenvalue weighted by molar-refractivity contribution is -0.476. The number of nitrogens with one attached hydrogen (secondary N) is 1. The van der Waals surface area contributed by atoms with Crippen LogP contribution in [-0.2, 0) is 6.54 Å². The van der Waals surface area contributed by atoms with Gasteiger partial charge in [0.25, 0.3) is 0 Å². The predicted octanol–water partition coefficient (Wildman–Crippen LogP) is 2.96. The summed E-state index contributed by atoms with van der Waals surface area (Å²) < 4.78 is 0.